The van der Waals surface area contributed by atoms with Crippen molar-refractivity contribution < 1.29 is 4.92 Å². The fourth-order valence-electron chi connectivity index (χ4n) is 2.06. The largest absolute Gasteiger partial charge is 0.291 e. The molecule has 106 valence electrons. The second kappa shape index (κ2) is 5.75. The van der Waals surface area contributed by atoms with Gasteiger partial charge in [-0.25, -0.2) is 0 Å². The normalized spacial score (nSPS) is 17.2. The number of benzene rings is 2. The zero-order valence-corrected chi connectivity index (χ0v) is 12.3. The number of thioether (sulfide) groups is 1. The van der Waals surface area contributed by atoms with Crippen molar-refractivity contribution in [1.29, 1.82) is 0 Å². The topological polar surface area (TPSA) is 67.5 Å². The van der Waals surface area contributed by atoms with Gasteiger partial charge >= 0.3 is 0 Å². The van der Waals surface area contributed by atoms with Crippen LogP contribution < -0.4 is 5.43 Å². The molecule has 0 aliphatic carbocycles. The Balaban J connectivity index is 1.91. The van der Waals surface area contributed by atoms with E-state index in [1.54, 1.807) is 12.1 Å². The number of nitro benzene ring substituents is 1. The average Bonchev–Trinajstić information content (AvgIpc) is 2.97. The lowest BCUT2D eigenvalue weighted by Crippen LogP contribution is -2.10. The van der Waals surface area contributed by atoms with Crippen molar-refractivity contribution in [1.82, 2.24) is 5.43 Å². The first-order chi connectivity index (χ1) is 10.2. The van der Waals surface area contributed by atoms with Crippen LogP contribution in [0, 0.1) is 10.1 Å². The fourth-order valence-corrected chi connectivity index (χ4v) is 3.48. The third-order valence-electron chi connectivity index (χ3n) is 3.02. The van der Waals surface area contributed by atoms with Gasteiger partial charge in [-0.05, 0) is 6.07 Å². The molecule has 0 radical (unpaired) electrons. The Labute approximate surface area is 130 Å². The third-order valence-corrected chi connectivity index (χ3v) is 4.48. The van der Waals surface area contributed by atoms with Crippen LogP contribution in [-0.4, -0.2) is 9.97 Å². The van der Waals surface area contributed by atoms with E-state index in [0.717, 1.165) is 10.6 Å². The molecule has 1 aliphatic heterocycles. The van der Waals surface area contributed by atoms with E-state index in [-0.39, 0.29) is 11.1 Å². The van der Waals surface area contributed by atoms with E-state index < -0.39 is 4.92 Å². The first kappa shape index (κ1) is 13.9. The summed E-state index contributed by atoms with van der Waals surface area (Å²) >= 11 is 7.55. The number of hydrazone groups is 1. The number of hydrogen-bond acceptors (Lipinski definition) is 5. The Morgan fingerprint density at radius 2 is 1.95 bits per heavy atom. The maximum atomic E-state index is 11.2. The van der Waals surface area contributed by atoms with Gasteiger partial charge in [0, 0.05) is 11.6 Å². The molecule has 7 heteroatoms. The Morgan fingerprint density at radius 3 is 2.67 bits per heavy atom. The maximum Gasteiger partial charge on any atom is 0.277 e. The number of nitrogens with zero attached hydrogens (tertiary/aromatic N) is 2. The third kappa shape index (κ3) is 2.72. The molecule has 5 nitrogen and oxygen atoms in total. The lowest BCUT2D eigenvalue weighted by atomic mass is 10.2. The van der Waals surface area contributed by atoms with E-state index in [1.807, 2.05) is 30.3 Å². The second-order valence-corrected chi connectivity index (χ2v) is 5.84. The molecule has 0 aromatic heterocycles. The quantitative estimate of drug-likeness (QED) is 0.687. The molecule has 1 N–H and O–H groups in total. The molecule has 21 heavy (non-hydrogen) atoms. The fraction of sp³-hybridized carbons (Fsp3) is 0.0714. The van der Waals surface area contributed by atoms with Gasteiger partial charge in [-0.15, -0.1) is 0 Å². The lowest BCUT2D eigenvalue weighted by Gasteiger charge is -2.11. The Bertz CT molecular complexity index is 721. The van der Waals surface area contributed by atoms with E-state index in [9.17, 15) is 10.1 Å². The predicted octanol–water partition coefficient (Wildman–Crippen LogP) is 3.95. The molecule has 0 unspecified atom stereocenters. The summed E-state index contributed by atoms with van der Waals surface area (Å²) in [5.41, 5.74) is 4.33. The molecule has 0 saturated carbocycles. The molecule has 1 aliphatic rings. The summed E-state index contributed by atoms with van der Waals surface area (Å²) < 4.78 is 0. The molecule has 0 saturated heterocycles. The molecule has 2 aromatic carbocycles. The number of nitrogens with one attached hydrogen (secondary N) is 1. The van der Waals surface area contributed by atoms with Gasteiger partial charge in [0.1, 0.15) is 10.4 Å². The van der Waals surface area contributed by atoms with Crippen molar-refractivity contribution in [2.45, 2.75) is 5.37 Å². The second-order valence-electron chi connectivity index (χ2n) is 4.34. The van der Waals surface area contributed by atoms with Crippen molar-refractivity contribution in [2.75, 3.05) is 0 Å². The average molecular weight is 320 g/mol. The summed E-state index contributed by atoms with van der Waals surface area (Å²) in [5, 5.41) is 16.2. The van der Waals surface area contributed by atoms with E-state index in [2.05, 4.69) is 10.5 Å². The highest BCUT2D eigenvalue weighted by Gasteiger charge is 2.30. The zero-order valence-electron chi connectivity index (χ0n) is 10.7. The van der Waals surface area contributed by atoms with E-state index in [4.69, 9.17) is 11.6 Å². The van der Waals surface area contributed by atoms with Gasteiger partial charge in [-0.3, -0.25) is 15.5 Å². The van der Waals surface area contributed by atoms with Crippen molar-refractivity contribution in [3.63, 3.8) is 0 Å². The maximum absolute atomic E-state index is 11.2. The molecule has 2 aromatic rings. The summed E-state index contributed by atoms with van der Waals surface area (Å²) in [6.45, 7) is 0. The van der Waals surface area contributed by atoms with Gasteiger partial charge in [0.05, 0.1) is 15.5 Å². The van der Waals surface area contributed by atoms with E-state index in [1.165, 1.54) is 17.8 Å². The zero-order chi connectivity index (χ0) is 14.8. The Morgan fingerprint density at radius 1 is 1.19 bits per heavy atom. The lowest BCUT2D eigenvalue weighted by molar-refractivity contribution is -0.385. The summed E-state index contributed by atoms with van der Waals surface area (Å²) in [4.78, 5) is 10.7. The van der Waals surface area contributed by atoms with E-state index >= 15 is 0 Å². The Kier molecular flexibility index (Phi) is 3.81. The molecular formula is C14H10ClN3O2S. The van der Waals surface area contributed by atoms with Gasteiger partial charge < -0.3 is 0 Å². The smallest absolute Gasteiger partial charge is 0.277 e. The van der Waals surface area contributed by atoms with Crippen LogP contribution in [0.1, 0.15) is 16.5 Å². The SMILES string of the molecule is O=[N+]([O-])c1cccc(Cl)c1[C@H]1NN=C(c2ccccc2)S1. The highest BCUT2D eigenvalue weighted by Crippen LogP contribution is 2.41. The standard InChI is InChI=1S/C14H10ClN3O2S/c15-10-7-4-8-11(18(19)20)12(10)14-17-16-13(21-14)9-5-2-1-3-6-9/h1-8,14,17H/t14-/m0/s1. The minimum absolute atomic E-state index is 0.00277. The first-order valence-electron chi connectivity index (χ1n) is 6.15. The van der Waals surface area contributed by atoms with Crippen LogP contribution >= 0.6 is 23.4 Å². The molecule has 3 rings (SSSR count). The van der Waals surface area contributed by atoms with Crippen molar-refractivity contribution in [3.8, 4) is 0 Å². The summed E-state index contributed by atoms with van der Waals surface area (Å²) in [6, 6.07) is 14.3. The van der Waals surface area contributed by atoms with Crippen molar-refractivity contribution in [2.24, 2.45) is 5.10 Å². The summed E-state index contributed by atoms with van der Waals surface area (Å²) in [7, 11) is 0. The van der Waals surface area contributed by atoms with Gasteiger partial charge in [-0.1, -0.05) is 59.8 Å². The monoisotopic (exact) mass is 319 g/mol. The highest BCUT2D eigenvalue weighted by molar-refractivity contribution is 8.14. The number of hydrogen-bond donors (Lipinski definition) is 1. The number of halogens is 1. The predicted molar refractivity (Wildman–Crippen MR) is 84.6 cm³/mol. The molecule has 0 fully saturated rings. The minimum atomic E-state index is -0.427. The summed E-state index contributed by atoms with van der Waals surface area (Å²) in [6.07, 6.45) is 0. The molecular weight excluding hydrogens is 310 g/mol. The molecule has 1 heterocycles. The van der Waals surface area contributed by atoms with Gasteiger partial charge in [-0.2, -0.15) is 5.10 Å². The van der Waals surface area contributed by atoms with Crippen LogP contribution in [0.2, 0.25) is 5.02 Å². The summed E-state index contributed by atoms with van der Waals surface area (Å²) in [5.74, 6) is 0. The van der Waals surface area contributed by atoms with Crippen LogP contribution in [-0.2, 0) is 0 Å². The molecule has 0 spiro atoms. The van der Waals surface area contributed by atoms with Crippen LogP contribution in [0.25, 0.3) is 0 Å². The van der Waals surface area contributed by atoms with E-state index in [0.29, 0.717) is 10.6 Å². The number of nitro groups is 1. The Hall–Kier alpha value is -2.05. The first-order valence-corrected chi connectivity index (χ1v) is 7.40. The van der Waals surface area contributed by atoms with Gasteiger partial charge in [0.2, 0.25) is 0 Å². The van der Waals surface area contributed by atoms with Crippen molar-refractivity contribution in [3.05, 3.63) is 74.8 Å². The molecule has 0 amide bonds. The van der Waals surface area contributed by atoms with Crippen LogP contribution in [0.15, 0.2) is 53.6 Å². The van der Waals surface area contributed by atoms with Crippen molar-refractivity contribution >= 4 is 34.1 Å². The molecule has 0 bridgehead atoms. The van der Waals surface area contributed by atoms with Gasteiger partial charge in [0.15, 0.2) is 0 Å². The van der Waals surface area contributed by atoms with Crippen LogP contribution in [0.5, 0.6) is 0 Å². The van der Waals surface area contributed by atoms with Crippen LogP contribution in [0.4, 0.5) is 5.69 Å². The number of rotatable bonds is 3. The molecule has 1 atom stereocenters. The van der Waals surface area contributed by atoms with Crippen LogP contribution in [0.3, 0.4) is 0 Å². The highest BCUT2D eigenvalue weighted by atomic mass is 35.5. The van der Waals surface area contributed by atoms with Gasteiger partial charge in [0.25, 0.3) is 5.69 Å². The minimum Gasteiger partial charge on any atom is -0.291 e.